The van der Waals surface area contributed by atoms with Gasteiger partial charge in [-0.25, -0.2) is 9.97 Å². The number of nitrogens with zero attached hydrogens (tertiary/aromatic N) is 4. The number of nitriles is 1. The number of rotatable bonds is 2. The van der Waals surface area contributed by atoms with Crippen LogP contribution in [0.4, 0.5) is 5.82 Å². The molecule has 5 heteroatoms. The summed E-state index contributed by atoms with van der Waals surface area (Å²) in [6.07, 6.45) is 3.41. The van der Waals surface area contributed by atoms with Crippen LogP contribution in [-0.2, 0) is 0 Å². The van der Waals surface area contributed by atoms with E-state index in [9.17, 15) is 0 Å². The van der Waals surface area contributed by atoms with Gasteiger partial charge in [-0.05, 0) is 47.5 Å². The fourth-order valence-electron chi connectivity index (χ4n) is 2.72. The minimum absolute atomic E-state index is 0.419. The van der Waals surface area contributed by atoms with Crippen LogP contribution in [0.25, 0.3) is 33.4 Å². The molecule has 4 rings (SSSR count). The van der Waals surface area contributed by atoms with Gasteiger partial charge in [-0.15, -0.1) is 0 Å². The summed E-state index contributed by atoms with van der Waals surface area (Å²) in [7, 11) is 0. The van der Waals surface area contributed by atoms with Gasteiger partial charge < -0.3 is 5.73 Å². The number of aromatic nitrogens is 3. The lowest BCUT2D eigenvalue weighted by Crippen LogP contribution is -1.98. The summed E-state index contributed by atoms with van der Waals surface area (Å²) in [6.45, 7) is 0. The molecule has 0 radical (unpaired) electrons. The number of hydrogen-bond acceptors (Lipinski definition) is 5. The Morgan fingerprint density at radius 2 is 1.72 bits per heavy atom. The molecule has 0 aliphatic rings. The van der Waals surface area contributed by atoms with Crippen molar-refractivity contribution in [3.8, 4) is 28.6 Å². The fraction of sp³-hybridized carbons (Fsp3) is 0. The standard InChI is InChI=1S/C20H13N5/c21-11-13-3-1-4-14(9-13)15-6-7-18-17(10-15)19(22)25-20(24-18)16-5-2-8-23-12-16/h1-10,12H,(H2,22,24,25). The Morgan fingerprint density at radius 3 is 2.52 bits per heavy atom. The first-order valence-corrected chi connectivity index (χ1v) is 7.73. The predicted molar refractivity (Wildman–Crippen MR) is 97.3 cm³/mol. The molecule has 0 spiro atoms. The van der Waals surface area contributed by atoms with Crippen LogP contribution in [0.3, 0.4) is 0 Å². The van der Waals surface area contributed by atoms with Gasteiger partial charge in [0.1, 0.15) is 5.82 Å². The van der Waals surface area contributed by atoms with Gasteiger partial charge in [-0.3, -0.25) is 4.98 Å². The molecule has 2 aromatic heterocycles. The van der Waals surface area contributed by atoms with Gasteiger partial charge in [0.2, 0.25) is 0 Å². The van der Waals surface area contributed by atoms with Crippen LogP contribution in [0.2, 0.25) is 0 Å². The normalized spacial score (nSPS) is 10.5. The molecule has 118 valence electrons. The maximum atomic E-state index is 9.07. The van der Waals surface area contributed by atoms with Crippen molar-refractivity contribution in [3.05, 3.63) is 72.6 Å². The van der Waals surface area contributed by atoms with Crippen LogP contribution < -0.4 is 5.73 Å². The quantitative estimate of drug-likeness (QED) is 0.606. The number of nitrogens with two attached hydrogens (primary N) is 1. The number of fused-ring (bicyclic) bond motifs is 1. The first-order valence-electron chi connectivity index (χ1n) is 7.73. The largest absolute Gasteiger partial charge is 0.383 e. The fourth-order valence-corrected chi connectivity index (χ4v) is 2.72. The molecule has 4 aromatic rings. The predicted octanol–water partition coefficient (Wildman–Crippen LogP) is 3.81. The lowest BCUT2D eigenvalue weighted by atomic mass is 10.0. The SMILES string of the molecule is N#Cc1cccc(-c2ccc3nc(-c4cccnc4)nc(N)c3c2)c1. The third kappa shape index (κ3) is 2.77. The Bertz CT molecular complexity index is 1110. The summed E-state index contributed by atoms with van der Waals surface area (Å²) in [4.78, 5) is 13.1. The van der Waals surface area contributed by atoms with E-state index < -0.39 is 0 Å². The maximum absolute atomic E-state index is 9.07. The molecule has 2 aromatic carbocycles. The summed E-state index contributed by atoms with van der Waals surface area (Å²) in [6, 6.07) is 19.2. The van der Waals surface area contributed by atoms with Gasteiger partial charge >= 0.3 is 0 Å². The highest BCUT2D eigenvalue weighted by atomic mass is 14.9. The zero-order valence-electron chi connectivity index (χ0n) is 13.2. The van der Waals surface area contributed by atoms with Crippen LogP contribution in [0, 0.1) is 11.3 Å². The van der Waals surface area contributed by atoms with Crippen molar-refractivity contribution in [2.24, 2.45) is 0 Å². The smallest absolute Gasteiger partial charge is 0.163 e. The minimum Gasteiger partial charge on any atom is -0.383 e. The van der Waals surface area contributed by atoms with Crippen molar-refractivity contribution in [3.63, 3.8) is 0 Å². The van der Waals surface area contributed by atoms with Gasteiger partial charge in [-0.1, -0.05) is 18.2 Å². The molecule has 0 atom stereocenters. The molecule has 0 saturated heterocycles. The third-order valence-corrected chi connectivity index (χ3v) is 3.97. The molecule has 5 nitrogen and oxygen atoms in total. The molecule has 0 amide bonds. The first-order chi connectivity index (χ1) is 12.2. The molecular formula is C20H13N5. The second-order valence-corrected chi connectivity index (χ2v) is 5.60. The summed E-state index contributed by atoms with van der Waals surface area (Å²) < 4.78 is 0. The van der Waals surface area contributed by atoms with E-state index in [4.69, 9.17) is 11.0 Å². The summed E-state index contributed by atoms with van der Waals surface area (Å²) in [5.74, 6) is 0.972. The average molecular weight is 323 g/mol. The summed E-state index contributed by atoms with van der Waals surface area (Å²) in [5.41, 5.74) is 10.3. The highest BCUT2D eigenvalue weighted by Crippen LogP contribution is 2.28. The van der Waals surface area contributed by atoms with Crippen LogP contribution in [-0.4, -0.2) is 15.0 Å². The summed E-state index contributed by atoms with van der Waals surface area (Å²) in [5, 5.41) is 9.85. The summed E-state index contributed by atoms with van der Waals surface area (Å²) >= 11 is 0. The molecule has 0 fully saturated rings. The monoisotopic (exact) mass is 323 g/mol. The molecule has 2 heterocycles. The number of benzene rings is 2. The lowest BCUT2D eigenvalue weighted by Gasteiger charge is -2.08. The molecule has 25 heavy (non-hydrogen) atoms. The zero-order chi connectivity index (χ0) is 17.2. The first kappa shape index (κ1) is 14.8. The van der Waals surface area contributed by atoms with Crippen molar-refractivity contribution in [1.29, 1.82) is 5.26 Å². The second-order valence-electron chi connectivity index (χ2n) is 5.60. The van der Waals surface area contributed by atoms with Gasteiger partial charge in [-0.2, -0.15) is 5.26 Å². The van der Waals surface area contributed by atoms with E-state index in [1.807, 2.05) is 48.5 Å². The maximum Gasteiger partial charge on any atom is 0.163 e. The highest BCUT2D eigenvalue weighted by Gasteiger charge is 2.09. The van der Waals surface area contributed by atoms with E-state index in [2.05, 4.69) is 21.0 Å². The van der Waals surface area contributed by atoms with Gasteiger partial charge in [0.15, 0.2) is 5.82 Å². The van der Waals surface area contributed by atoms with Crippen LogP contribution in [0.1, 0.15) is 5.56 Å². The van der Waals surface area contributed by atoms with Gasteiger partial charge in [0.25, 0.3) is 0 Å². The third-order valence-electron chi connectivity index (χ3n) is 3.97. The second kappa shape index (κ2) is 6.02. The Hall–Kier alpha value is -3.78. The number of anilines is 1. The number of hydrogen-bond donors (Lipinski definition) is 1. The van der Waals surface area contributed by atoms with Crippen molar-refractivity contribution in [1.82, 2.24) is 15.0 Å². The molecule has 0 saturated carbocycles. The molecule has 0 bridgehead atoms. The van der Waals surface area contributed by atoms with Crippen LogP contribution in [0.5, 0.6) is 0 Å². The van der Waals surface area contributed by atoms with E-state index >= 15 is 0 Å². The average Bonchev–Trinajstić information content (AvgIpc) is 2.68. The Morgan fingerprint density at radius 1 is 0.880 bits per heavy atom. The lowest BCUT2D eigenvalue weighted by molar-refractivity contribution is 1.21. The molecule has 0 unspecified atom stereocenters. The number of pyridine rings is 1. The van der Waals surface area contributed by atoms with Crippen molar-refractivity contribution >= 4 is 16.7 Å². The Kier molecular flexibility index (Phi) is 3.56. The van der Waals surface area contributed by atoms with Gasteiger partial charge in [0, 0.05) is 23.3 Å². The number of nitrogen functional groups attached to an aromatic ring is 1. The topological polar surface area (TPSA) is 88.5 Å². The molecule has 0 aliphatic carbocycles. The minimum atomic E-state index is 0.419. The molecule has 2 N–H and O–H groups in total. The zero-order valence-corrected chi connectivity index (χ0v) is 13.2. The van der Waals surface area contributed by atoms with E-state index in [1.54, 1.807) is 18.5 Å². The molecule has 0 aliphatic heterocycles. The highest BCUT2D eigenvalue weighted by molar-refractivity contribution is 5.93. The van der Waals surface area contributed by atoms with E-state index in [0.29, 0.717) is 17.2 Å². The Balaban J connectivity index is 1.84. The van der Waals surface area contributed by atoms with E-state index in [1.165, 1.54) is 0 Å². The Labute approximate surface area is 144 Å². The van der Waals surface area contributed by atoms with Crippen molar-refractivity contribution < 1.29 is 0 Å². The van der Waals surface area contributed by atoms with Crippen LogP contribution >= 0.6 is 0 Å². The van der Waals surface area contributed by atoms with Crippen molar-refractivity contribution in [2.45, 2.75) is 0 Å². The van der Waals surface area contributed by atoms with E-state index in [0.717, 1.165) is 27.6 Å². The van der Waals surface area contributed by atoms with E-state index in [-0.39, 0.29) is 0 Å². The molecular weight excluding hydrogens is 310 g/mol. The van der Waals surface area contributed by atoms with Gasteiger partial charge in [0.05, 0.1) is 17.1 Å². The van der Waals surface area contributed by atoms with Crippen LogP contribution in [0.15, 0.2) is 67.0 Å². The van der Waals surface area contributed by atoms with Crippen molar-refractivity contribution in [2.75, 3.05) is 5.73 Å².